The number of hydrogen-bond donors (Lipinski definition) is 1. The minimum Gasteiger partial charge on any atom is -0.493 e. The summed E-state index contributed by atoms with van der Waals surface area (Å²) in [6.45, 7) is 2.03. The van der Waals surface area contributed by atoms with Crippen LogP contribution in [-0.4, -0.2) is 7.11 Å². The first-order chi connectivity index (χ1) is 10.0. The van der Waals surface area contributed by atoms with Crippen molar-refractivity contribution in [3.8, 4) is 11.5 Å². The lowest BCUT2D eigenvalue weighted by atomic mass is 10.1. The third-order valence-electron chi connectivity index (χ3n) is 3.11. The SMILES string of the molecule is COc1cc(C(C)N)ccc1OCc1ccc(Br)cc1F. The van der Waals surface area contributed by atoms with Gasteiger partial charge >= 0.3 is 0 Å². The van der Waals surface area contributed by atoms with Crippen LogP contribution in [0.4, 0.5) is 4.39 Å². The Labute approximate surface area is 132 Å². The molecular formula is C16H17BrFNO2. The lowest BCUT2D eigenvalue weighted by Gasteiger charge is -2.14. The molecule has 2 aromatic carbocycles. The second kappa shape index (κ2) is 6.91. The summed E-state index contributed by atoms with van der Waals surface area (Å²) in [4.78, 5) is 0. The van der Waals surface area contributed by atoms with E-state index in [4.69, 9.17) is 15.2 Å². The highest BCUT2D eigenvalue weighted by atomic mass is 79.9. The molecule has 112 valence electrons. The quantitative estimate of drug-likeness (QED) is 0.876. The van der Waals surface area contributed by atoms with Crippen LogP contribution in [-0.2, 0) is 6.61 Å². The highest BCUT2D eigenvalue weighted by molar-refractivity contribution is 9.10. The predicted molar refractivity (Wildman–Crippen MR) is 84.0 cm³/mol. The summed E-state index contributed by atoms with van der Waals surface area (Å²) in [5, 5.41) is 0. The molecule has 2 rings (SSSR count). The van der Waals surface area contributed by atoms with Crippen molar-refractivity contribution in [2.45, 2.75) is 19.6 Å². The number of halogens is 2. The summed E-state index contributed by atoms with van der Waals surface area (Å²) < 4.78 is 25.4. The molecule has 1 atom stereocenters. The molecule has 0 amide bonds. The minimum absolute atomic E-state index is 0.0862. The molecule has 0 heterocycles. The topological polar surface area (TPSA) is 44.5 Å². The maximum absolute atomic E-state index is 13.7. The second-order valence-corrected chi connectivity index (χ2v) is 5.64. The Balaban J connectivity index is 2.16. The maximum atomic E-state index is 13.7. The molecule has 0 spiro atoms. The van der Waals surface area contributed by atoms with Crippen LogP contribution in [0.2, 0.25) is 0 Å². The molecule has 0 bridgehead atoms. The number of hydrogen-bond acceptors (Lipinski definition) is 3. The largest absolute Gasteiger partial charge is 0.493 e. The van der Waals surface area contributed by atoms with Crippen molar-refractivity contribution in [2.75, 3.05) is 7.11 Å². The van der Waals surface area contributed by atoms with Gasteiger partial charge in [0.05, 0.1) is 7.11 Å². The van der Waals surface area contributed by atoms with Crippen LogP contribution < -0.4 is 15.2 Å². The van der Waals surface area contributed by atoms with Crippen LogP contribution in [0.15, 0.2) is 40.9 Å². The van der Waals surface area contributed by atoms with E-state index in [9.17, 15) is 4.39 Å². The number of ether oxygens (including phenoxy) is 2. The number of methoxy groups -OCH3 is 1. The van der Waals surface area contributed by atoms with E-state index in [0.29, 0.717) is 21.5 Å². The third kappa shape index (κ3) is 3.95. The lowest BCUT2D eigenvalue weighted by molar-refractivity contribution is 0.279. The highest BCUT2D eigenvalue weighted by Crippen LogP contribution is 2.30. The normalized spacial score (nSPS) is 12.0. The predicted octanol–water partition coefficient (Wildman–Crippen LogP) is 4.20. The summed E-state index contributed by atoms with van der Waals surface area (Å²) in [6, 6.07) is 10.3. The summed E-state index contributed by atoms with van der Waals surface area (Å²) in [5.41, 5.74) is 7.27. The molecule has 1 unspecified atom stereocenters. The first kappa shape index (κ1) is 15.8. The van der Waals surface area contributed by atoms with Gasteiger partial charge in [0.1, 0.15) is 12.4 Å². The molecule has 0 radical (unpaired) electrons. The minimum atomic E-state index is -0.310. The summed E-state index contributed by atoms with van der Waals surface area (Å²) in [7, 11) is 1.56. The zero-order valence-electron chi connectivity index (χ0n) is 11.9. The Hall–Kier alpha value is -1.59. The molecule has 0 aromatic heterocycles. The van der Waals surface area contributed by atoms with Crippen molar-refractivity contribution in [2.24, 2.45) is 5.73 Å². The van der Waals surface area contributed by atoms with Crippen LogP contribution >= 0.6 is 15.9 Å². The Bertz CT molecular complexity index is 632. The van der Waals surface area contributed by atoms with Crippen LogP contribution in [0.25, 0.3) is 0 Å². The van der Waals surface area contributed by atoms with Crippen LogP contribution in [0.1, 0.15) is 24.1 Å². The molecule has 2 N–H and O–H groups in total. The Morgan fingerprint density at radius 2 is 1.95 bits per heavy atom. The van der Waals surface area contributed by atoms with Crippen LogP contribution in [0.3, 0.4) is 0 Å². The van der Waals surface area contributed by atoms with Crippen molar-refractivity contribution >= 4 is 15.9 Å². The molecule has 0 aliphatic carbocycles. The van der Waals surface area contributed by atoms with E-state index >= 15 is 0 Å². The summed E-state index contributed by atoms with van der Waals surface area (Å²) in [6.07, 6.45) is 0. The molecule has 3 nitrogen and oxygen atoms in total. The van der Waals surface area contributed by atoms with Crippen LogP contribution in [0.5, 0.6) is 11.5 Å². The number of rotatable bonds is 5. The molecule has 21 heavy (non-hydrogen) atoms. The second-order valence-electron chi connectivity index (χ2n) is 4.72. The molecule has 0 saturated carbocycles. The van der Waals surface area contributed by atoms with Gasteiger partial charge < -0.3 is 15.2 Å². The van der Waals surface area contributed by atoms with E-state index in [-0.39, 0.29) is 18.5 Å². The zero-order valence-corrected chi connectivity index (χ0v) is 13.5. The van der Waals surface area contributed by atoms with Gasteiger partial charge in [0.25, 0.3) is 0 Å². The van der Waals surface area contributed by atoms with Gasteiger partial charge in [0.2, 0.25) is 0 Å². The van der Waals surface area contributed by atoms with Gasteiger partial charge in [0.15, 0.2) is 11.5 Å². The smallest absolute Gasteiger partial charge is 0.161 e. The van der Waals surface area contributed by atoms with E-state index < -0.39 is 0 Å². The summed E-state index contributed by atoms with van der Waals surface area (Å²) in [5.74, 6) is 0.835. The number of benzene rings is 2. The van der Waals surface area contributed by atoms with Gasteiger partial charge in [0, 0.05) is 16.1 Å². The van der Waals surface area contributed by atoms with Crippen molar-refractivity contribution in [1.29, 1.82) is 0 Å². The molecule has 2 aromatic rings. The molecule has 0 fully saturated rings. The van der Waals surface area contributed by atoms with Crippen molar-refractivity contribution in [3.63, 3.8) is 0 Å². The van der Waals surface area contributed by atoms with Gasteiger partial charge in [-0.2, -0.15) is 0 Å². The van der Waals surface area contributed by atoms with Crippen molar-refractivity contribution in [3.05, 3.63) is 57.8 Å². The molecule has 5 heteroatoms. The van der Waals surface area contributed by atoms with Gasteiger partial charge in [-0.3, -0.25) is 0 Å². The molecule has 0 aliphatic rings. The van der Waals surface area contributed by atoms with E-state index in [2.05, 4.69) is 15.9 Å². The van der Waals surface area contributed by atoms with Gasteiger partial charge in [-0.15, -0.1) is 0 Å². The van der Waals surface area contributed by atoms with E-state index in [1.807, 2.05) is 19.1 Å². The average Bonchev–Trinajstić information content (AvgIpc) is 2.46. The fourth-order valence-electron chi connectivity index (χ4n) is 1.88. The molecule has 0 aliphatic heterocycles. The Kier molecular flexibility index (Phi) is 5.20. The zero-order chi connectivity index (χ0) is 15.4. The highest BCUT2D eigenvalue weighted by Gasteiger charge is 2.10. The van der Waals surface area contributed by atoms with Crippen molar-refractivity contribution in [1.82, 2.24) is 0 Å². The maximum Gasteiger partial charge on any atom is 0.161 e. The van der Waals surface area contributed by atoms with Gasteiger partial charge in [-0.1, -0.05) is 28.1 Å². The van der Waals surface area contributed by atoms with Crippen molar-refractivity contribution < 1.29 is 13.9 Å². The third-order valence-corrected chi connectivity index (χ3v) is 3.61. The molecule has 0 saturated heterocycles. The van der Waals surface area contributed by atoms with E-state index in [1.165, 1.54) is 6.07 Å². The standard InChI is InChI=1S/C16H17BrFNO2/c1-10(19)11-4-6-15(16(7-11)20-2)21-9-12-3-5-13(17)8-14(12)18/h3-8,10H,9,19H2,1-2H3. The first-order valence-electron chi connectivity index (χ1n) is 6.51. The Morgan fingerprint density at radius 1 is 1.19 bits per heavy atom. The average molecular weight is 354 g/mol. The monoisotopic (exact) mass is 353 g/mol. The Morgan fingerprint density at radius 3 is 2.57 bits per heavy atom. The summed E-state index contributed by atoms with van der Waals surface area (Å²) >= 11 is 3.22. The van der Waals surface area contributed by atoms with Gasteiger partial charge in [-0.25, -0.2) is 4.39 Å². The number of nitrogens with two attached hydrogens (primary N) is 1. The van der Waals surface area contributed by atoms with E-state index in [1.54, 1.807) is 25.3 Å². The molecular weight excluding hydrogens is 337 g/mol. The van der Waals surface area contributed by atoms with E-state index in [0.717, 1.165) is 5.56 Å². The fraction of sp³-hybridized carbons (Fsp3) is 0.250. The lowest BCUT2D eigenvalue weighted by Crippen LogP contribution is -2.06. The fourth-order valence-corrected chi connectivity index (χ4v) is 2.21. The van der Waals surface area contributed by atoms with Gasteiger partial charge in [-0.05, 0) is 36.8 Å². The first-order valence-corrected chi connectivity index (χ1v) is 7.31. The van der Waals surface area contributed by atoms with Crippen LogP contribution in [0, 0.1) is 5.82 Å².